The van der Waals surface area contributed by atoms with Gasteiger partial charge >= 0.3 is 0 Å². The minimum Gasteiger partial charge on any atom is -0.497 e. The number of amides is 2. The predicted molar refractivity (Wildman–Crippen MR) is 107 cm³/mol. The van der Waals surface area contributed by atoms with Crippen LogP contribution in [0.3, 0.4) is 0 Å². The molecule has 0 saturated heterocycles. The second kappa shape index (κ2) is 9.97. The van der Waals surface area contributed by atoms with Gasteiger partial charge in [-0.15, -0.1) is 0 Å². The molecule has 0 unspecified atom stereocenters. The van der Waals surface area contributed by atoms with Crippen molar-refractivity contribution in [1.82, 2.24) is 10.2 Å². The molecular weight excluding hydrogens is 364 g/mol. The van der Waals surface area contributed by atoms with Crippen LogP contribution in [0.4, 0.5) is 0 Å². The molecule has 0 aliphatic carbocycles. The van der Waals surface area contributed by atoms with E-state index in [0.29, 0.717) is 23.7 Å². The largest absolute Gasteiger partial charge is 0.497 e. The molecule has 27 heavy (non-hydrogen) atoms. The van der Waals surface area contributed by atoms with Gasteiger partial charge in [-0.2, -0.15) is 0 Å². The third-order valence-electron chi connectivity index (χ3n) is 4.36. The molecule has 144 valence electrons. The standard InChI is InChI=1S/C21H25ClN2O3/c1-4-19(21(26)23-2)24(14-16-8-6-10-18(12-16)27-3)20(25)13-15-7-5-9-17(22)11-15/h5-12,19H,4,13-14H2,1-3H3,(H,23,26)/t19-/m1/s1. The fourth-order valence-electron chi connectivity index (χ4n) is 2.98. The van der Waals surface area contributed by atoms with E-state index in [-0.39, 0.29) is 18.2 Å². The summed E-state index contributed by atoms with van der Waals surface area (Å²) in [5, 5.41) is 3.24. The SMILES string of the molecule is CC[C@H](C(=O)NC)N(Cc1cccc(OC)c1)C(=O)Cc1cccc(Cl)c1. The highest BCUT2D eigenvalue weighted by atomic mass is 35.5. The van der Waals surface area contributed by atoms with Gasteiger partial charge in [0.2, 0.25) is 11.8 Å². The Labute approximate surface area is 165 Å². The van der Waals surface area contributed by atoms with Crippen LogP contribution in [0.1, 0.15) is 24.5 Å². The highest BCUT2D eigenvalue weighted by Gasteiger charge is 2.28. The van der Waals surface area contributed by atoms with Crippen LogP contribution < -0.4 is 10.1 Å². The third kappa shape index (κ3) is 5.73. The summed E-state index contributed by atoms with van der Waals surface area (Å²) >= 11 is 6.03. The highest BCUT2D eigenvalue weighted by Crippen LogP contribution is 2.19. The lowest BCUT2D eigenvalue weighted by molar-refractivity contribution is -0.140. The van der Waals surface area contributed by atoms with Crippen molar-refractivity contribution in [2.24, 2.45) is 0 Å². The lowest BCUT2D eigenvalue weighted by Gasteiger charge is -2.30. The van der Waals surface area contributed by atoms with Gasteiger partial charge in [0, 0.05) is 18.6 Å². The number of hydrogen-bond donors (Lipinski definition) is 1. The van der Waals surface area contributed by atoms with E-state index < -0.39 is 6.04 Å². The van der Waals surface area contributed by atoms with Crippen LogP contribution in [-0.2, 0) is 22.6 Å². The molecule has 0 radical (unpaired) electrons. The monoisotopic (exact) mass is 388 g/mol. The fraction of sp³-hybridized carbons (Fsp3) is 0.333. The average molecular weight is 389 g/mol. The molecule has 2 aromatic carbocycles. The smallest absolute Gasteiger partial charge is 0.242 e. The zero-order chi connectivity index (χ0) is 19.8. The number of nitrogens with one attached hydrogen (secondary N) is 1. The summed E-state index contributed by atoms with van der Waals surface area (Å²) in [6.45, 7) is 2.22. The molecule has 2 rings (SSSR count). The van der Waals surface area contributed by atoms with Crippen molar-refractivity contribution in [3.63, 3.8) is 0 Å². The number of likely N-dealkylation sites (N-methyl/N-ethyl adjacent to an activating group) is 1. The number of hydrogen-bond acceptors (Lipinski definition) is 3. The maximum atomic E-state index is 13.1. The molecule has 0 spiro atoms. The molecule has 1 atom stereocenters. The second-order valence-corrected chi connectivity index (χ2v) is 6.65. The number of halogens is 1. The Balaban J connectivity index is 2.29. The zero-order valence-electron chi connectivity index (χ0n) is 15.9. The summed E-state index contributed by atoms with van der Waals surface area (Å²) in [5.41, 5.74) is 1.71. The molecular formula is C21H25ClN2O3. The Morgan fingerprint density at radius 1 is 1.15 bits per heavy atom. The first-order valence-corrected chi connectivity index (χ1v) is 9.24. The number of carbonyl (C=O) groups is 2. The first-order valence-electron chi connectivity index (χ1n) is 8.87. The van der Waals surface area contributed by atoms with Gasteiger partial charge < -0.3 is 15.0 Å². The van der Waals surface area contributed by atoms with Crippen molar-refractivity contribution >= 4 is 23.4 Å². The lowest BCUT2D eigenvalue weighted by atomic mass is 10.1. The van der Waals surface area contributed by atoms with Crippen molar-refractivity contribution in [3.8, 4) is 5.75 Å². The topological polar surface area (TPSA) is 58.6 Å². The van der Waals surface area contributed by atoms with Crippen LogP contribution in [0, 0.1) is 0 Å². The molecule has 0 aliphatic rings. The number of nitrogens with zero attached hydrogens (tertiary/aromatic N) is 1. The Morgan fingerprint density at radius 3 is 2.48 bits per heavy atom. The lowest BCUT2D eigenvalue weighted by Crippen LogP contribution is -2.48. The van der Waals surface area contributed by atoms with Gasteiger partial charge in [-0.1, -0.05) is 42.8 Å². The number of methoxy groups -OCH3 is 1. The van der Waals surface area contributed by atoms with Crippen LogP contribution in [0.2, 0.25) is 5.02 Å². The second-order valence-electron chi connectivity index (χ2n) is 6.22. The molecule has 0 aliphatic heterocycles. The summed E-state index contributed by atoms with van der Waals surface area (Å²) < 4.78 is 5.26. The quantitative estimate of drug-likeness (QED) is 0.753. The molecule has 5 nitrogen and oxygen atoms in total. The van der Waals surface area contributed by atoms with Crippen molar-refractivity contribution in [3.05, 3.63) is 64.7 Å². The molecule has 2 aromatic rings. The van der Waals surface area contributed by atoms with Crippen LogP contribution in [0.25, 0.3) is 0 Å². The van der Waals surface area contributed by atoms with Crippen LogP contribution >= 0.6 is 11.6 Å². The summed E-state index contributed by atoms with van der Waals surface area (Å²) in [5.74, 6) is 0.401. The van der Waals surface area contributed by atoms with Gasteiger partial charge in [0.25, 0.3) is 0 Å². The molecule has 0 fully saturated rings. The average Bonchev–Trinajstić information content (AvgIpc) is 2.67. The van der Waals surface area contributed by atoms with Crippen molar-refractivity contribution < 1.29 is 14.3 Å². The highest BCUT2D eigenvalue weighted by molar-refractivity contribution is 6.30. The Kier molecular flexibility index (Phi) is 7.67. The molecule has 0 bridgehead atoms. The fourth-order valence-corrected chi connectivity index (χ4v) is 3.19. The normalized spacial score (nSPS) is 11.6. The predicted octanol–water partition coefficient (Wildman–Crippen LogP) is 3.44. The van der Waals surface area contributed by atoms with Gasteiger partial charge in [0.1, 0.15) is 11.8 Å². The van der Waals surface area contributed by atoms with E-state index in [9.17, 15) is 9.59 Å². The Hall–Kier alpha value is -2.53. The number of carbonyl (C=O) groups excluding carboxylic acids is 2. The molecule has 0 heterocycles. The van der Waals surface area contributed by atoms with Gasteiger partial charge in [-0.05, 0) is 41.8 Å². The van der Waals surface area contributed by atoms with Gasteiger partial charge in [0.15, 0.2) is 0 Å². The van der Waals surface area contributed by atoms with Crippen LogP contribution in [0.5, 0.6) is 5.75 Å². The van der Waals surface area contributed by atoms with E-state index in [0.717, 1.165) is 11.1 Å². The summed E-state index contributed by atoms with van der Waals surface area (Å²) in [7, 11) is 3.18. The van der Waals surface area contributed by atoms with Crippen LogP contribution in [0.15, 0.2) is 48.5 Å². The van der Waals surface area contributed by atoms with Gasteiger partial charge in [-0.25, -0.2) is 0 Å². The summed E-state index contributed by atoms with van der Waals surface area (Å²) in [4.78, 5) is 27.1. The number of rotatable bonds is 8. The van der Waals surface area contributed by atoms with Crippen molar-refractivity contribution in [1.29, 1.82) is 0 Å². The maximum Gasteiger partial charge on any atom is 0.242 e. The molecule has 2 amide bonds. The van der Waals surface area contributed by atoms with E-state index in [1.807, 2.05) is 43.3 Å². The van der Waals surface area contributed by atoms with Crippen molar-refractivity contribution in [2.75, 3.05) is 14.2 Å². The number of ether oxygens (including phenoxy) is 1. The first-order chi connectivity index (χ1) is 13.0. The Morgan fingerprint density at radius 2 is 1.85 bits per heavy atom. The van der Waals surface area contributed by atoms with E-state index in [2.05, 4.69) is 5.32 Å². The molecule has 6 heteroatoms. The van der Waals surface area contributed by atoms with Crippen molar-refractivity contribution in [2.45, 2.75) is 32.4 Å². The summed E-state index contributed by atoms with van der Waals surface area (Å²) in [6, 6.07) is 14.2. The van der Waals surface area contributed by atoms with Gasteiger partial charge in [0.05, 0.1) is 13.5 Å². The van der Waals surface area contributed by atoms with Gasteiger partial charge in [-0.3, -0.25) is 9.59 Å². The molecule has 0 aromatic heterocycles. The van der Waals surface area contributed by atoms with E-state index in [4.69, 9.17) is 16.3 Å². The molecule has 0 saturated carbocycles. The Bertz CT molecular complexity index is 795. The minimum atomic E-state index is -0.548. The zero-order valence-corrected chi connectivity index (χ0v) is 16.6. The maximum absolute atomic E-state index is 13.1. The van der Waals surface area contributed by atoms with E-state index >= 15 is 0 Å². The summed E-state index contributed by atoms with van der Waals surface area (Å²) in [6.07, 6.45) is 0.697. The number of benzene rings is 2. The van der Waals surface area contributed by atoms with E-state index in [1.54, 1.807) is 31.2 Å². The molecule has 1 N–H and O–H groups in total. The first kappa shape index (κ1) is 20.8. The van der Waals surface area contributed by atoms with E-state index in [1.165, 1.54) is 0 Å². The van der Waals surface area contributed by atoms with Crippen LogP contribution in [-0.4, -0.2) is 36.9 Å². The minimum absolute atomic E-state index is 0.129. The third-order valence-corrected chi connectivity index (χ3v) is 4.60.